The van der Waals surface area contributed by atoms with Gasteiger partial charge in [-0.1, -0.05) is 18.5 Å². The molecule has 8 heteroatoms. The standard InChI is InChI=1S/C13H19ClN6O/c1-4-8(2)18-10(21)5-6-15-12-9(3)11(14)19-13-16-7-17-20(12)13/h7-8,15H,4-6H2,1-3H3,(H,18,21). The van der Waals surface area contributed by atoms with Gasteiger partial charge >= 0.3 is 0 Å². The number of rotatable bonds is 6. The molecule has 114 valence electrons. The summed E-state index contributed by atoms with van der Waals surface area (Å²) in [5.74, 6) is 1.15. The summed E-state index contributed by atoms with van der Waals surface area (Å²) in [7, 11) is 0. The third-order valence-electron chi connectivity index (χ3n) is 3.27. The molecule has 0 fully saturated rings. The van der Waals surface area contributed by atoms with Crippen LogP contribution in [0, 0.1) is 6.92 Å². The van der Waals surface area contributed by atoms with Crippen molar-refractivity contribution < 1.29 is 4.79 Å². The second kappa shape index (κ2) is 6.71. The number of aromatic nitrogens is 4. The number of halogens is 1. The highest BCUT2D eigenvalue weighted by Gasteiger charge is 2.12. The maximum atomic E-state index is 11.7. The molecule has 2 aromatic heterocycles. The number of hydrogen-bond acceptors (Lipinski definition) is 5. The molecule has 0 aromatic carbocycles. The average molecular weight is 311 g/mol. The van der Waals surface area contributed by atoms with E-state index in [2.05, 4.69) is 25.7 Å². The van der Waals surface area contributed by atoms with Crippen LogP contribution < -0.4 is 10.6 Å². The molecule has 0 aliphatic carbocycles. The SMILES string of the molecule is CCC(C)NC(=O)CCNc1c(C)c(Cl)nc2ncnn12. The van der Waals surface area contributed by atoms with Crippen LogP contribution in [-0.4, -0.2) is 38.1 Å². The first kappa shape index (κ1) is 15.5. The van der Waals surface area contributed by atoms with Crippen LogP contribution >= 0.6 is 11.6 Å². The van der Waals surface area contributed by atoms with Gasteiger partial charge in [-0.2, -0.15) is 19.6 Å². The Morgan fingerprint density at radius 3 is 3.00 bits per heavy atom. The number of carbonyl (C=O) groups is 1. The van der Waals surface area contributed by atoms with Gasteiger partial charge in [0.15, 0.2) is 0 Å². The van der Waals surface area contributed by atoms with Gasteiger partial charge in [0.2, 0.25) is 5.91 Å². The van der Waals surface area contributed by atoms with Crippen LogP contribution in [0.5, 0.6) is 0 Å². The fraction of sp³-hybridized carbons (Fsp3) is 0.538. The monoisotopic (exact) mass is 310 g/mol. The third kappa shape index (κ3) is 3.60. The fourth-order valence-electron chi connectivity index (χ4n) is 1.85. The maximum Gasteiger partial charge on any atom is 0.255 e. The van der Waals surface area contributed by atoms with Crippen molar-refractivity contribution in [2.45, 2.75) is 39.7 Å². The Morgan fingerprint density at radius 1 is 1.52 bits per heavy atom. The number of hydrogen-bond donors (Lipinski definition) is 2. The van der Waals surface area contributed by atoms with Crippen molar-refractivity contribution in [1.82, 2.24) is 24.9 Å². The quantitative estimate of drug-likeness (QED) is 0.795. The molecule has 2 rings (SSSR count). The number of fused-ring (bicyclic) bond motifs is 1. The first-order valence-electron chi connectivity index (χ1n) is 6.92. The van der Waals surface area contributed by atoms with Crippen molar-refractivity contribution in [3.63, 3.8) is 0 Å². The number of amides is 1. The molecule has 0 spiro atoms. The van der Waals surface area contributed by atoms with E-state index in [1.54, 1.807) is 4.52 Å². The van der Waals surface area contributed by atoms with Gasteiger partial charge in [0, 0.05) is 24.6 Å². The van der Waals surface area contributed by atoms with Crippen LogP contribution in [0.1, 0.15) is 32.3 Å². The van der Waals surface area contributed by atoms with Gasteiger partial charge in [-0.3, -0.25) is 4.79 Å². The second-order valence-corrected chi connectivity index (χ2v) is 5.26. The summed E-state index contributed by atoms with van der Waals surface area (Å²) in [4.78, 5) is 19.9. The summed E-state index contributed by atoms with van der Waals surface area (Å²) < 4.78 is 1.58. The lowest BCUT2D eigenvalue weighted by atomic mass is 10.2. The summed E-state index contributed by atoms with van der Waals surface area (Å²) in [6.45, 7) is 6.35. The minimum Gasteiger partial charge on any atom is -0.369 e. The van der Waals surface area contributed by atoms with E-state index in [0.29, 0.717) is 29.7 Å². The number of carbonyl (C=O) groups excluding carboxylic acids is 1. The maximum absolute atomic E-state index is 11.7. The molecule has 1 amide bonds. The van der Waals surface area contributed by atoms with Crippen LogP contribution in [0.4, 0.5) is 5.82 Å². The Labute approximate surface area is 128 Å². The molecule has 0 saturated carbocycles. The Kier molecular flexibility index (Phi) is 4.95. The summed E-state index contributed by atoms with van der Waals surface area (Å²) in [5, 5.41) is 10.6. The van der Waals surface area contributed by atoms with Gasteiger partial charge in [-0.05, 0) is 20.3 Å². The summed E-state index contributed by atoms with van der Waals surface area (Å²) >= 11 is 6.07. The number of nitrogens with one attached hydrogen (secondary N) is 2. The third-order valence-corrected chi connectivity index (χ3v) is 3.64. The Balaban J connectivity index is 2.02. The van der Waals surface area contributed by atoms with Crippen molar-refractivity contribution in [1.29, 1.82) is 0 Å². The Morgan fingerprint density at radius 2 is 2.29 bits per heavy atom. The van der Waals surface area contributed by atoms with E-state index in [9.17, 15) is 4.79 Å². The van der Waals surface area contributed by atoms with Crippen molar-refractivity contribution in [3.05, 3.63) is 17.0 Å². The van der Waals surface area contributed by atoms with Gasteiger partial charge < -0.3 is 10.6 Å². The van der Waals surface area contributed by atoms with E-state index in [1.165, 1.54) is 6.33 Å². The minimum atomic E-state index is 0.0180. The number of anilines is 1. The average Bonchev–Trinajstić information content (AvgIpc) is 2.90. The normalized spacial score (nSPS) is 12.4. The molecule has 0 aliphatic heterocycles. The molecule has 1 unspecified atom stereocenters. The molecule has 2 N–H and O–H groups in total. The zero-order valence-electron chi connectivity index (χ0n) is 12.4. The molecule has 0 aliphatic rings. The highest BCUT2D eigenvalue weighted by molar-refractivity contribution is 6.30. The molecule has 1 atom stereocenters. The highest BCUT2D eigenvalue weighted by Crippen LogP contribution is 2.21. The topological polar surface area (TPSA) is 84.2 Å². The molecular weight excluding hydrogens is 292 g/mol. The zero-order chi connectivity index (χ0) is 15.4. The van der Waals surface area contributed by atoms with E-state index in [-0.39, 0.29) is 11.9 Å². The lowest BCUT2D eigenvalue weighted by molar-refractivity contribution is -0.121. The van der Waals surface area contributed by atoms with Crippen LogP contribution in [-0.2, 0) is 4.79 Å². The lowest BCUT2D eigenvalue weighted by Gasteiger charge is -2.13. The smallest absolute Gasteiger partial charge is 0.255 e. The van der Waals surface area contributed by atoms with E-state index < -0.39 is 0 Å². The predicted molar refractivity (Wildman–Crippen MR) is 81.5 cm³/mol. The van der Waals surface area contributed by atoms with Gasteiger partial charge in [0.1, 0.15) is 17.3 Å². The van der Waals surface area contributed by atoms with Crippen molar-refractivity contribution in [3.8, 4) is 0 Å². The molecule has 0 bridgehead atoms. The zero-order valence-corrected chi connectivity index (χ0v) is 13.1. The second-order valence-electron chi connectivity index (χ2n) is 4.90. The minimum absolute atomic E-state index is 0.0180. The summed E-state index contributed by atoms with van der Waals surface area (Å²) in [5.41, 5.74) is 0.775. The predicted octanol–water partition coefficient (Wildman–Crippen LogP) is 1.80. The van der Waals surface area contributed by atoms with Crippen LogP contribution in [0.15, 0.2) is 6.33 Å². The molecule has 2 aromatic rings. The Hall–Kier alpha value is -1.89. The first-order valence-corrected chi connectivity index (χ1v) is 7.29. The Bertz CT molecular complexity index is 641. The van der Waals surface area contributed by atoms with Gasteiger partial charge in [-0.25, -0.2) is 0 Å². The molecule has 2 heterocycles. The van der Waals surface area contributed by atoms with Crippen molar-refractivity contribution >= 4 is 29.1 Å². The van der Waals surface area contributed by atoms with Crippen molar-refractivity contribution in [2.24, 2.45) is 0 Å². The van der Waals surface area contributed by atoms with E-state index >= 15 is 0 Å². The lowest BCUT2D eigenvalue weighted by Crippen LogP contribution is -2.33. The van der Waals surface area contributed by atoms with Gasteiger partial charge in [0.05, 0.1) is 0 Å². The molecule has 0 radical (unpaired) electrons. The van der Waals surface area contributed by atoms with E-state index in [0.717, 1.165) is 12.0 Å². The molecule has 7 nitrogen and oxygen atoms in total. The summed E-state index contributed by atoms with van der Waals surface area (Å²) in [6, 6.07) is 0.191. The van der Waals surface area contributed by atoms with Crippen LogP contribution in [0.3, 0.4) is 0 Å². The molecule has 21 heavy (non-hydrogen) atoms. The fourth-order valence-corrected chi connectivity index (χ4v) is 2.01. The molecular formula is C13H19ClN6O. The summed E-state index contributed by atoms with van der Waals surface area (Å²) in [6.07, 6.45) is 2.71. The van der Waals surface area contributed by atoms with Crippen molar-refractivity contribution in [2.75, 3.05) is 11.9 Å². The van der Waals surface area contributed by atoms with E-state index in [4.69, 9.17) is 11.6 Å². The van der Waals surface area contributed by atoms with Crippen LogP contribution in [0.25, 0.3) is 5.78 Å². The number of nitrogens with zero attached hydrogens (tertiary/aromatic N) is 4. The van der Waals surface area contributed by atoms with Crippen LogP contribution in [0.2, 0.25) is 5.15 Å². The molecule has 0 saturated heterocycles. The van der Waals surface area contributed by atoms with Gasteiger partial charge in [0.25, 0.3) is 5.78 Å². The highest BCUT2D eigenvalue weighted by atomic mass is 35.5. The first-order chi connectivity index (χ1) is 10.0. The van der Waals surface area contributed by atoms with E-state index in [1.807, 2.05) is 20.8 Å². The van der Waals surface area contributed by atoms with Gasteiger partial charge in [-0.15, -0.1) is 0 Å². The largest absolute Gasteiger partial charge is 0.369 e.